The summed E-state index contributed by atoms with van der Waals surface area (Å²) in [5.41, 5.74) is 0.551. The largest absolute Gasteiger partial charge is 0.497 e. The maximum Gasteiger partial charge on any atom is 0.254 e. The van der Waals surface area contributed by atoms with Crippen molar-refractivity contribution in [3.8, 4) is 11.5 Å². The zero-order chi connectivity index (χ0) is 16.2. The van der Waals surface area contributed by atoms with Crippen LogP contribution >= 0.6 is 0 Å². The Morgan fingerprint density at radius 1 is 1.13 bits per heavy atom. The lowest BCUT2D eigenvalue weighted by Crippen LogP contribution is -2.57. The van der Waals surface area contributed by atoms with Crippen LogP contribution < -0.4 is 14.8 Å². The first kappa shape index (κ1) is 15.1. The fourth-order valence-corrected chi connectivity index (χ4v) is 2.41. The molecule has 1 aromatic heterocycles. The highest BCUT2D eigenvalue weighted by Crippen LogP contribution is 2.25. The van der Waals surface area contributed by atoms with E-state index in [9.17, 15) is 4.79 Å². The van der Waals surface area contributed by atoms with Gasteiger partial charge in [0.15, 0.2) is 0 Å². The molecule has 1 fully saturated rings. The molecule has 7 nitrogen and oxygen atoms in total. The van der Waals surface area contributed by atoms with Crippen LogP contribution in [0.4, 0.5) is 5.95 Å². The predicted molar refractivity (Wildman–Crippen MR) is 84.9 cm³/mol. The number of benzene rings is 1. The summed E-state index contributed by atoms with van der Waals surface area (Å²) in [5.74, 6) is 1.73. The Hall–Kier alpha value is -2.83. The maximum atomic E-state index is 12.5. The molecule has 120 valence electrons. The van der Waals surface area contributed by atoms with Crippen molar-refractivity contribution in [3.05, 3.63) is 42.2 Å². The molecule has 0 spiro atoms. The summed E-state index contributed by atoms with van der Waals surface area (Å²) >= 11 is 0. The van der Waals surface area contributed by atoms with E-state index in [0.717, 1.165) is 0 Å². The van der Waals surface area contributed by atoms with E-state index in [-0.39, 0.29) is 11.9 Å². The van der Waals surface area contributed by atoms with Crippen molar-refractivity contribution in [2.45, 2.75) is 6.04 Å². The second-order valence-electron chi connectivity index (χ2n) is 5.23. The van der Waals surface area contributed by atoms with Crippen molar-refractivity contribution >= 4 is 11.9 Å². The van der Waals surface area contributed by atoms with Crippen molar-refractivity contribution < 1.29 is 14.3 Å². The van der Waals surface area contributed by atoms with Crippen molar-refractivity contribution in [3.63, 3.8) is 0 Å². The molecule has 0 aliphatic carbocycles. The number of amides is 1. The van der Waals surface area contributed by atoms with Gasteiger partial charge in [0.05, 0.1) is 20.3 Å². The van der Waals surface area contributed by atoms with Crippen molar-refractivity contribution in [1.29, 1.82) is 0 Å². The van der Waals surface area contributed by atoms with Crippen LogP contribution in [0.25, 0.3) is 0 Å². The molecule has 7 heteroatoms. The highest BCUT2D eigenvalue weighted by molar-refractivity contribution is 5.95. The molecule has 0 bridgehead atoms. The molecule has 1 aliphatic heterocycles. The summed E-state index contributed by atoms with van der Waals surface area (Å²) in [4.78, 5) is 22.5. The smallest absolute Gasteiger partial charge is 0.254 e. The summed E-state index contributed by atoms with van der Waals surface area (Å²) in [6.45, 7) is 1.22. The first-order valence-electron chi connectivity index (χ1n) is 7.25. The van der Waals surface area contributed by atoms with Gasteiger partial charge < -0.3 is 19.7 Å². The Bertz CT molecular complexity index is 665. The van der Waals surface area contributed by atoms with Gasteiger partial charge in [-0.1, -0.05) is 0 Å². The molecular formula is C16H18N4O3. The standard InChI is InChI=1S/C16H18N4O3/c1-22-13-6-11(7-14(8-13)23-2)15(21)20-9-12(10-20)19-16-17-4-3-5-18-16/h3-8,12H,9-10H2,1-2H3,(H,17,18,19). The van der Waals surface area contributed by atoms with Crippen molar-refractivity contribution in [1.82, 2.24) is 14.9 Å². The number of hydrogen-bond acceptors (Lipinski definition) is 6. The highest BCUT2D eigenvalue weighted by atomic mass is 16.5. The van der Waals surface area contributed by atoms with E-state index in [4.69, 9.17) is 9.47 Å². The summed E-state index contributed by atoms with van der Waals surface area (Å²) in [7, 11) is 3.12. The zero-order valence-corrected chi connectivity index (χ0v) is 13.0. The van der Waals surface area contributed by atoms with Gasteiger partial charge in [-0.2, -0.15) is 0 Å². The van der Waals surface area contributed by atoms with Gasteiger partial charge in [0, 0.05) is 37.1 Å². The third kappa shape index (κ3) is 3.33. The van der Waals surface area contributed by atoms with E-state index in [1.807, 2.05) is 0 Å². The lowest BCUT2D eigenvalue weighted by Gasteiger charge is -2.39. The average molecular weight is 314 g/mol. The van der Waals surface area contributed by atoms with E-state index in [1.165, 1.54) is 0 Å². The second-order valence-corrected chi connectivity index (χ2v) is 5.23. The van der Waals surface area contributed by atoms with Crippen molar-refractivity contribution in [2.75, 3.05) is 32.6 Å². The minimum Gasteiger partial charge on any atom is -0.497 e. The molecule has 2 aromatic rings. The van der Waals surface area contributed by atoms with E-state index in [1.54, 1.807) is 55.8 Å². The summed E-state index contributed by atoms with van der Waals surface area (Å²) in [6, 6.07) is 7.09. The summed E-state index contributed by atoms with van der Waals surface area (Å²) in [5, 5.41) is 3.19. The molecule has 1 aromatic carbocycles. The number of hydrogen-bond donors (Lipinski definition) is 1. The normalized spacial score (nSPS) is 14.1. The van der Waals surface area contributed by atoms with E-state index >= 15 is 0 Å². The van der Waals surface area contributed by atoms with Crippen LogP contribution in [0, 0.1) is 0 Å². The predicted octanol–water partition coefficient (Wildman–Crippen LogP) is 1.43. The SMILES string of the molecule is COc1cc(OC)cc(C(=O)N2CC(Nc3ncccn3)C2)c1. The topological polar surface area (TPSA) is 76.6 Å². The van der Waals surface area contributed by atoms with Gasteiger partial charge >= 0.3 is 0 Å². The molecule has 23 heavy (non-hydrogen) atoms. The minimum absolute atomic E-state index is 0.0470. The lowest BCUT2D eigenvalue weighted by atomic mass is 10.1. The number of carbonyl (C=O) groups is 1. The summed E-state index contributed by atoms with van der Waals surface area (Å²) in [6.07, 6.45) is 3.36. The molecule has 0 radical (unpaired) electrons. The van der Waals surface area contributed by atoms with Gasteiger partial charge in [-0.15, -0.1) is 0 Å². The first-order chi connectivity index (χ1) is 11.2. The molecule has 1 N–H and O–H groups in total. The molecule has 0 atom stereocenters. The molecular weight excluding hydrogens is 296 g/mol. The number of carbonyl (C=O) groups excluding carboxylic acids is 1. The Morgan fingerprint density at radius 3 is 2.30 bits per heavy atom. The van der Waals surface area contributed by atoms with Crippen LogP contribution in [0.3, 0.4) is 0 Å². The Balaban J connectivity index is 1.62. The first-order valence-corrected chi connectivity index (χ1v) is 7.25. The van der Waals surface area contributed by atoms with E-state index in [0.29, 0.717) is 36.1 Å². The number of nitrogens with one attached hydrogen (secondary N) is 1. The van der Waals surface area contributed by atoms with E-state index < -0.39 is 0 Å². The van der Waals surface area contributed by atoms with Crippen LogP contribution in [0.15, 0.2) is 36.7 Å². The van der Waals surface area contributed by atoms with Crippen LogP contribution in [-0.4, -0.2) is 54.1 Å². The van der Waals surface area contributed by atoms with Crippen LogP contribution in [0.1, 0.15) is 10.4 Å². The quantitative estimate of drug-likeness (QED) is 0.900. The number of rotatable bonds is 5. The van der Waals surface area contributed by atoms with Crippen LogP contribution in [0.5, 0.6) is 11.5 Å². The van der Waals surface area contributed by atoms with Gasteiger partial charge in [0.25, 0.3) is 5.91 Å². The molecule has 2 heterocycles. The minimum atomic E-state index is -0.0470. The fraction of sp³-hybridized carbons (Fsp3) is 0.312. The van der Waals surface area contributed by atoms with E-state index in [2.05, 4.69) is 15.3 Å². The van der Waals surface area contributed by atoms with Gasteiger partial charge in [0.1, 0.15) is 11.5 Å². The lowest BCUT2D eigenvalue weighted by molar-refractivity contribution is 0.0624. The third-order valence-corrected chi connectivity index (χ3v) is 3.67. The second kappa shape index (κ2) is 6.51. The van der Waals surface area contributed by atoms with Gasteiger partial charge in [-0.05, 0) is 18.2 Å². The van der Waals surface area contributed by atoms with Gasteiger partial charge in [-0.3, -0.25) is 4.79 Å². The molecule has 3 rings (SSSR count). The van der Waals surface area contributed by atoms with Crippen LogP contribution in [0.2, 0.25) is 0 Å². The Morgan fingerprint density at radius 2 is 1.74 bits per heavy atom. The molecule has 0 saturated carbocycles. The number of aromatic nitrogens is 2. The number of nitrogens with zero attached hydrogens (tertiary/aromatic N) is 3. The number of anilines is 1. The van der Waals surface area contributed by atoms with Crippen molar-refractivity contribution in [2.24, 2.45) is 0 Å². The van der Waals surface area contributed by atoms with Gasteiger partial charge in [0.2, 0.25) is 5.95 Å². The third-order valence-electron chi connectivity index (χ3n) is 3.67. The fourth-order valence-electron chi connectivity index (χ4n) is 2.41. The molecule has 1 aliphatic rings. The zero-order valence-electron chi connectivity index (χ0n) is 13.0. The number of methoxy groups -OCH3 is 2. The number of ether oxygens (including phenoxy) is 2. The Kier molecular flexibility index (Phi) is 4.27. The monoisotopic (exact) mass is 314 g/mol. The highest BCUT2D eigenvalue weighted by Gasteiger charge is 2.32. The molecule has 1 amide bonds. The Labute approximate surface area is 134 Å². The summed E-state index contributed by atoms with van der Waals surface area (Å²) < 4.78 is 10.4. The maximum absolute atomic E-state index is 12.5. The van der Waals surface area contributed by atoms with Gasteiger partial charge in [-0.25, -0.2) is 9.97 Å². The van der Waals surface area contributed by atoms with Crippen LogP contribution in [-0.2, 0) is 0 Å². The molecule has 0 unspecified atom stereocenters. The number of likely N-dealkylation sites (tertiary alicyclic amines) is 1. The average Bonchev–Trinajstić information content (AvgIpc) is 2.57. The molecule has 1 saturated heterocycles.